The van der Waals surface area contributed by atoms with E-state index in [0.717, 1.165) is 16.5 Å². The van der Waals surface area contributed by atoms with E-state index in [2.05, 4.69) is 0 Å². The fraction of sp³-hybridized carbons (Fsp3) is 0.429. The minimum atomic E-state index is -3.36. The molecule has 1 aromatic carbocycles. The molecule has 0 spiro atoms. The minimum Gasteiger partial charge on any atom is -0.350 e. The van der Waals surface area contributed by atoms with Gasteiger partial charge in [0.15, 0.2) is 0 Å². The predicted molar refractivity (Wildman–Crippen MR) is 80.7 cm³/mol. The van der Waals surface area contributed by atoms with Crippen molar-refractivity contribution in [3.63, 3.8) is 0 Å². The van der Waals surface area contributed by atoms with E-state index in [-0.39, 0.29) is 0 Å². The average molecular weight is 296 g/mol. The van der Waals surface area contributed by atoms with Crippen molar-refractivity contribution < 1.29 is 13.6 Å². The van der Waals surface area contributed by atoms with E-state index in [1.54, 1.807) is 13.8 Å². The van der Waals surface area contributed by atoms with Gasteiger partial charge in [-0.1, -0.05) is 18.2 Å². The zero-order chi connectivity index (χ0) is 14.8. The SMILES string of the molecule is CCOP(=O)(OCC)[C@@H](N)c1cn(C)c2ccccc12. The van der Waals surface area contributed by atoms with E-state index in [9.17, 15) is 4.57 Å². The number of hydrogen-bond acceptors (Lipinski definition) is 4. The van der Waals surface area contributed by atoms with Gasteiger partial charge in [-0.05, 0) is 19.9 Å². The zero-order valence-corrected chi connectivity index (χ0v) is 13.0. The number of nitrogens with zero attached hydrogens (tertiary/aromatic N) is 1. The van der Waals surface area contributed by atoms with Gasteiger partial charge in [-0.15, -0.1) is 0 Å². The smallest absolute Gasteiger partial charge is 0.350 e. The lowest BCUT2D eigenvalue weighted by molar-refractivity contribution is 0.212. The molecule has 6 heteroatoms. The molecule has 0 aliphatic carbocycles. The van der Waals surface area contributed by atoms with E-state index in [1.807, 2.05) is 42.1 Å². The first kappa shape index (κ1) is 15.3. The van der Waals surface area contributed by atoms with Crippen LogP contribution in [0.4, 0.5) is 0 Å². The molecule has 0 aliphatic rings. The highest BCUT2D eigenvalue weighted by Gasteiger charge is 2.35. The Morgan fingerprint density at radius 2 is 1.85 bits per heavy atom. The highest BCUT2D eigenvalue weighted by atomic mass is 31.2. The van der Waals surface area contributed by atoms with E-state index < -0.39 is 13.4 Å². The molecule has 5 nitrogen and oxygen atoms in total. The van der Waals surface area contributed by atoms with Crippen LogP contribution in [0.25, 0.3) is 10.9 Å². The van der Waals surface area contributed by atoms with E-state index in [4.69, 9.17) is 14.8 Å². The monoisotopic (exact) mass is 296 g/mol. The van der Waals surface area contributed by atoms with Gasteiger partial charge in [0, 0.05) is 29.7 Å². The number of aromatic nitrogens is 1. The maximum absolute atomic E-state index is 12.8. The van der Waals surface area contributed by atoms with Crippen molar-refractivity contribution in [1.82, 2.24) is 4.57 Å². The summed E-state index contributed by atoms with van der Waals surface area (Å²) in [7, 11) is -1.42. The summed E-state index contributed by atoms with van der Waals surface area (Å²) < 4.78 is 25.4. The molecule has 0 fully saturated rings. The summed E-state index contributed by atoms with van der Waals surface area (Å²) in [6.45, 7) is 4.16. The molecule has 20 heavy (non-hydrogen) atoms. The third kappa shape index (κ3) is 2.67. The zero-order valence-electron chi connectivity index (χ0n) is 12.1. The molecule has 0 saturated carbocycles. The molecular weight excluding hydrogens is 275 g/mol. The van der Waals surface area contributed by atoms with Crippen molar-refractivity contribution in [1.29, 1.82) is 0 Å². The van der Waals surface area contributed by atoms with Crippen LogP contribution in [0.1, 0.15) is 25.2 Å². The molecule has 0 unspecified atom stereocenters. The van der Waals surface area contributed by atoms with Crippen molar-refractivity contribution in [2.45, 2.75) is 19.6 Å². The van der Waals surface area contributed by atoms with Crippen LogP contribution in [-0.4, -0.2) is 17.8 Å². The van der Waals surface area contributed by atoms with Gasteiger partial charge in [0.25, 0.3) is 0 Å². The maximum Gasteiger partial charge on any atom is 0.351 e. The summed E-state index contributed by atoms with van der Waals surface area (Å²) in [4.78, 5) is 0. The maximum atomic E-state index is 12.8. The topological polar surface area (TPSA) is 66.5 Å². The number of nitrogens with two attached hydrogens (primary N) is 1. The van der Waals surface area contributed by atoms with Crippen LogP contribution < -0.4 is 5.73 Å². The van der Waals surface area contributed by atoms with E-state index in [1.165, 1.54) is 0 Å². The summed E-state index contributed by atoms with van der Waals surface area (Å²) in [6.07, 6.45) is 1.89. The van der Waals surface area contributed by atoms with Gasteiger partial charge >= 0.3 is 7.60 Å². The molecule has 1 aromatic heterocycles. The quantitative estimate of drug-likeness (QED) is 0.830. The van der Waals surface area contributed by atoms with Gasteiger partial charge in [-0.2, -0.15) is 0 Å². The summed E-state index contributed by atoms with van der Waals surface area (Å²) >= 11 is 0. The molecule has 1 atom stereocenters. The Labute approximate surface area is 119 Å². The highest BCUT2D eigenvalue weighted by Crippen LogP contribution is 2.59. The summed E-state index contributed by atoms with van der Waals surface area (Å²) in [6, 6.07) is 7.86. The number of benzene rings is 1. The third-order valence-corrected chi connectivity index (χ3v) is 5.40. The fourth-order valence-electron chi connectivity index (χ4n) is 2.34. The number of fused-ring (bicyclic) bond motifs is 1. The van der Waals surface area contributed by atoms with Gasteiger partial charge < -0.3 is 19.3 Å². The Bertz CT molecular complexity index is 628. The molecule has 110 valence electrons. The molecule has 0 radical (unpaired) electrons. The Morgan fingerprint density at radius 1 is 1.25 bits per heavy atom. The van der Waals surface area contributed by atoms with Gasteiger partial charge in [0.1, 0.15) is 5.78 Å². The number of aryl methyl sites for hydroxylation is 1. The minimum absolute atomic E-state index is 0.301. The normalized spacial score (nSPS) is 13.8. The molecule has 1 heterocycles. The number of rotatable bonds is 6. The van der Waals surface area contributed by atoms with Crippen molar-refractivity contribution in [3.05, 3.63) is 36.0 Å². The molecule has 2 N–H and O–H groups in total. The molecule has 0 aliphatic heterocycles. The summed E-state index contributed by atoms with van der Waals surface area (Å²) in [5.74, 6) is -0.784. The molecule has 0 amide bonds. The third-order valence-electron chi connectivity index (χ3n) is 3.21. The number of hydrogen-bond donors (Lipinski definition) is 1. The Balaban J connectivity index is 2.49. The van der Waals surface area contributed by atoms with E-state index >= 15 is 0 Å². The van der Waals surface area contributed by atoms with Gasteiger partial charge in [-0.3, -0.25) is 4.57 Å². The first-order valence-corrected chi connectivity index (χ1v) is 8.33. The number of para-hydroxylation sites is 1. The molecule has 0 saturated heterocycles. The van der Waals surface area contributed by atoms with Crippen molar-refractivity contribution in [2.75, 3.05) is 13.2 Å². The average Bonchev–Trinajstić information content (AvgIpc) is 2.76. The highest BCUT2D eigenvalue weighted by molar-refractivity contribution is 7.54. The van der Waals surface area contributed by atoms with Crippen LogP contribution in [0.2, 0.25) is 0 Å². The first-order chi connectivity index (χ1) is 9.53. The Morgan fingerprint density at radius 3 is 2.45 bits per heavy atom. The molecule has 2 aromatic rings. The van der Waals surface area contributed by atoms with Crippen molar-refractivity contribution >= 4 is 18.5 Å². The largest absolute Gasteiger partial charge is 0.351 e. The van der Waals surface area contributed by atoms with Crippen LogP contribution in [0.15, 0.2) is 30.5 Å². The molecule has 2 rings (SSSR count). The van der Waals surface area contributed by atoms with Gasteiger partial charge in [0.05, 0.1) is 13.2 Å². The second-order valence-electron chi connectivity index (χ2n) is 4.53. The van der Waals surface area contributed by atoms with Crippen molar-refractivity contribution in [2.24, 2.45) is 12.8 Å². The second kappa shape index (κ2) is 6.10. The van der Waals surface area contributed by atoms with Crippen LogP contribution in [0, 0.1) is 0 Å². The summed E-state index contributed by atoms with van der Waals surface area (Å²) in [5.41, 5.74) is 8.02. The van der Waals surface area contributed by atoms with Crippen LogP contribution >= 0.6 is 7.60 Å². The lowest BCUT2D eigenvalue weighted by Crippen LogP contribution is -2.14. The standard InChI is InChI=1S/C14H21N2O3P/c1-4-18-20(17,19-5-2)14(15)12-10-16(3)13-9-7-6-8-11(12)13/h6-10,14H,4-5,15H2,1-3H3/t14-/m1/s1. The van der Waals surface area contributed by atoms with Crippen LogP contribution in [-0.2, 0) is 20.7 Å². The summed E-state index contributed by atoms with van der Waals surface area (Å²) in [5, 5.41) is 0.974. The Hall–Kier alpha value is -1.13. The Kier molecular flexibility index (Phi) is 4.66. The van der Waals surface area contributed by atoms with Crippen LogP contribution in [0.5, 0.6) is 0 Å². The van der Waals surface area contributed by atoms with Gasteiger partial charge in [-0.25, -0.2) is 0 Å². The van der Waals surface area contributed by atoms with Gasteiger partial charge in [0.2, 0.25) is 0 Å². The molecule has 0 bridgehead atoms. The fourth-order valence-corrected chi connectivity index (χ4v) is 4.00. The van der Waals surface area contributed by atoms with Crippen LogP contribution in [0.3, 0.4) is 0 Å². The van der Waals surface area contributed by atoms with Crippen molar-refractivity contribution in [3.8, 4) is 0 Å². The lowest BCUT2D eigenvalue weighted by Gasteiger charge is -2.22. The predicted octanol–water partition coefficient (Wildman–Crippen LogP) is 3.40. The van der Waals surface area contributed by atoms with E-state index in [0.29, 0.717) is 13.2 Å². The first-order valence-electron chi connectivity index (χ1n) is 6.71. The second-order valence-corrected chi connectivity index (χ2v) is 6.69. The molecular formula is C14H21N2O3P. The lowest BCUT2D eigenvalue weighted by atomic mass is 10.2.